The van der Waals surface area contributed by atoms with E-state index in [4.69, 9.17) is 0 Å². The predicted octanol–water partition coefficient (Wildman–Crippen LogP) is 0.135. The lowest BCUT2D eigenvalue weighted by Gasteiger charge is -2.23. The molecule has 0 aromatic carbocycles. The van der Waals surface area contributed by atoms with Gasteiger partial charge in [0.05, 0.1) is 18.2 Å². The van der Waals surface area contributed by atoms with Crippen LogP contribution >= 0.6 is 0 Å². The number of aryl methyl sites for hydroxylation is 1. The Kier molecular flexibility index (Phi) is 5.28. The molecule has 0 saturated carbocycles. The molecule has 2 aliphatic heterocycles. The molecule has 144 valence electrons. The van der Waals surface area contributed by atoms with E-state index in [1.54, 1.807) is 15.8 Å². The molecule has 1 atom stereocenters. The second-order valence-electron chi connectivity index (χ2n) is 7.25. The molecule has 2 aromatic rings. The fourth-order valence-electron chi connectivity index (χ4n) is 3.87. The van der Waals surface area contributed by atoms with Crippen LogP contribution < -0.4 is 10.9 Å². The highest BCUT2D eigenvalue weighted by Gasteiger charge is 2.24. The number of H-pyrrole nitrogens is 1. The average molecular weight is 371 g/mol. The predicted molar refractivity (Wildman–Crippen MR) is 98.4 cm³/mol. The highest BCUT2D eigenvalue weighted by Crippen LogP contribution is 2.13. The number of nitrogens with zero attached hydrogens (tertiary/aromatic N) is 5. The summed E-state index contributed by atoms with van der Waals surface area (Å²) in [5, 5.41) is 11.7. The van der Waals surface area contributed by atoms with Crippen molar-refractivity contribution in [2.45, 2.75) is 51.1 Å². The minimum Gasteiger partial charge on any atom is -0.336 e. The van der Waals surface area contributed by atoms with E-state index in [2.05, 4.69) is 25.6 Å². The van der Waals surface area contributed by atoms with Gasteiger partial charge in [-0.15, -0.1) is 5.10 Å². The van der Waals surface area contributed by atoms with Gasteiger partial charge in [-0.3, -0.25) is 14.3 Å². The van der Waals surface area contributed by atoms with Crippen LogP contribution in [-0.2, 0) is 19.4 Å². The van der Waals surface area contributed by atoms with Crippen molar-refractivity contribution in [3.63, 3.8) is 0 Å². The van der Waals surface area contributed by atoms with Crippen LogP contribution in [0.4, 0.5) is 0 Å². The van der Waals surface area contributed by atoms with Gasteiger partial charge in [0, 0.05) is 37.7 Å². The molecular weight excluding hydrogens is 346 g/mol. The topological polar surface area (TPSA) is 109 Å². The third kappa shape index (κ3) is 4.08. The average Bonchev–Trinajstić information content (AvgIpc) is 3.06. The van der Waals surface area contributed by atoms with E-state index < -0.39 is 0 Å². The molecule has 0 aliphatic carbocycles. The van der Waals surface area contributed by atoms with Gasteiger partial charge in [0.1, 0.15) is 0 Å². The first-order valence-corrected chi connectivity index (χ1v) is 9.69. The summed E-state index contributed by atoms with van der Waals surface area (Å²) in [6.45, 7) is 2.85. The molecule has 2 aliphatic rings. The van der Waals surface area contributed by atoms with Crippen molar-refractivity contribution in [2.24, 2.45) is 0 Å². The number of hydrogen-bond acceptors (Lipinski definition) is 6. The smallest absolute Gasteiger partial charge is 0.276 e. The summed E-state index contributed by atoms with van der Waals surface area (Å²) in [5.74, 6) is -0.138. The van der Waals surface area contributed by atoms with Crippen molar-refractivity contribution >= 4 is 5.91 Å². The fourth-order valence-corrected chi connectivity index (χ4v) is 3.87. The summed E-state index contributed by atoms with van der Waals surface area (Å²) < 4.78 is 1.75. The normalized spacial score (nSPS) is 20.1. The van der Waals surface area contributed by atoms with Gasteiger partial charge in [0.25, 0.3) is 11.5 Å². The van der Waals surface area contributed by atoms with E-state index >= 15 is 0 Å². The molecule has 4 rings (SSSR count). The van der Waals surface area contributed by atoms with Gasteiger partial charge >= 0.3 is 0 Å². The molecule has 2 N–H and O–H groups in total. The zero-order valence-electron chi connectivity index (χ0n) is 15.4. The number of carbonyl (C=O) groups is 1. The molecule has 0 spiro atoms. The molecule has 9 heteroatoms. The lowest BCUT2D eigenvalue weighted by Crippen LogP contribution is -2.34. The molecular formula is C18H25N7O2. The summed E-state index contributed by atoms with van der Waals surface area (Å²) >= 11 is 0. The molecule has 0 unspecified atom stereocenters. The Balaban J connectivity index is 1.36. The van der Waals surface area contributed by atoms with Crippen LogP contribution in [0.5, 0.6) is 0 Å². The number of carbonyl (C=O) groups excluding carboxylic acids is 1. The van der Waals surface area contributed by atoms with Crippen LogP contribution in [0, 0.1) is 0 Å². The zero-order valence-corrected chi connectivity index (χ0v) is 15.4. The van der Waals surface area contributed by atoms with Crippen LogP contribution in [0.1, 0.15) is 47.4 Å². The van der Waals surface area contributed by atoms with Crippen molar-refractivity contribution in [1.82, 2.24) is 35.2 Å². The molecule has 0 radical (unpaired) electrons. The van der Waals surface area contributed by atoms with Gasteiger partial charge < -0.3 is 15.2 Å². The third-order valence-electron chi connectivity index (χ3n) is 5.45. The van der Waals surface area contributed by atoms with Gasteiger partial charge in [-0.2, -0.15) is 0 Å². The monoisotopic (exact) mass is 371 g/mol. The van der Waals surface area contributed by atoms with Crippen LogP contribution in [0.15, 0.2) is 17.3 Å². The molecule has 9 nitrogen and oxygen atoms in total. The second-order valence-corrected chi connectivity index (χ2v) is 7.25. The minimum absolute atomic E-state index is 0.114. The van der Waals surface area contributed by atoms with E-state index in [1.807, 2.05) is 0 Å². The Labute approximate surface area is 157 Å². The lowest BCUT2D eigenvalue weighted by atomic mass is 10.0. The maximum absolute atomic E-state index is 12.8. The molecule has 27 heavy (non-hydrogen) atoms. The maximum Gasteiger partial charge on any atom is 0.276 e. The summed E-state index contributed by atoms with van der Waals surface area (Å²) in [6.07, 6.45) is 8.94. The van der Waals surface area contributed by atoms with Crippen LogP contribution in [0.3, 0.4) is 0 Å². The van der Waals surface area contributed by atoms with Gasteiger partial charge in [0.2, 0.25) is 0 Å². The van der Waals surface area contributed by atoms with Crippen molar-refractivity contribution < 1.29 is 4.79 Å². The first-order chi connectivity index (χ1) is 13.2. The second kappa shape index (κ2) is 7.99. The minimum atomic E-state index is -0.138. The molecule has 1 saturated heterocycles. The van der Waals surface area contributed by atoms with Gasteiger partial charge in [-0.1, -0.05) is 11.6 Å². The number of hydrogen-bond donors (Lipinski definition) is 2. The number of nitrogens with one attached hydrogen (secondary N) is 2. The van der Waals surface area contributed by atoms with Gasteiger partial charge in [0.15, 0.2) is 5.69 Å². The summed E-state index contributed by atoms with van der Waals surface area (Å²) in [7, 11) is 0. The quantitative estimate of drug-likeness (QED) is 0.791. The Morgan fingerprint density at radius 3 is 3.00 bits per heavy atom. The van der Waals surface area contributed by atoms with Crippen molar-refractivity contribution in [2.75, 3.05) is 19.6 Å². The number of rotatable bonds is 4. The highest BCUT2D eigenvalue weighted by molar-refractivity contribution is 5.92. The molecule has 1 amide bonds. The van der Waals surface area contributed by atoms with E-state index in [0.717, 1.165) is 25.2 Å². The molecule has 4 heterocycles. The number of aromatic nitrogens is 5. The van der Waals surface area contributed by atoms with Crippen LogP contribution in [0.2, 0.25) is 0 Å². The Morgan fingerprint density at radius 2 is 2.15 bits per heavy atom. The van der Waals surface area contributed by atoms with E-state index in [1.165, 1.54) is 25.6 Å². The summed E-state index contributed by atoms with van der Waals surface area (Å²) in [4.78, 5) is 33.3. The van der Waals surface area contributed by atoms with E-state index in [9.17, 15) is 9.59 Å². The van der Waals surface area contributed by atoms with Crippen molar-refractivity contribution in [3.8, 4) is 0 Å². The number of amides is 1. The summed E-state index contributed by atoms with van der Waals surface area (Å²) in [6, 6.07) is 0.525. The van der Waals surface area contributed by atoms with Gasteiger partial charge in [-0.05, 0) is 32.2 Å². The first-order valence-electron chi connectivity index (χ1n) is 9.69. The van der Waals surface area contributed by atoms with E-state index in [0.29, 0.717) is 43.2 Å². The third-order valence-corrected chi connectivity index (χ3v) is 5.45. The summed E-state index contributed by atoms with van der Waals surface area (Å²) in [5.41, 5.74) is 1.70. The number of piperidine rings is 1. The number of fused-ring (bicyclic) bond motifs is 1. The van der Waals surface area contributed by atoms with Crippen LogP contribution in [0.25, 0.3) is 0 Å². The molecule has 2 aromatic heterocycles. The molecule has 1 fully saturated rings. The zero-order chi connectivity index (χ0) is 18.6. The SMILES string of the molecule is O=C(c1cn(CC[C@@H]2CCCCN2)nn1)N1CCc2nc[nH]c(=O)c2CC1. The Morgan fingerprint density at radius 1 is 1.26 bits per heavy atom. The number of aromatic amines is 1. The Hall–Kier alpha value is -2.55. The fraction of sp³-hybridized carbons (Fsp3) is 0.611. The Bertz CT molecular complexity index is 853. The van der Waals surface area contributed by atoms with Crippen LogP contribution in [-0.4, -0.2) is 61.4 Å². The van der Waals surface area contributed by atoms with E-state index in [-0.39, 0.29) is 11.5 Å². The molecule has 0 bridgehead atoms. The van der Waals surface area contributed by atoms with Gasteiger partial charge in [-0.25, -0.2) is 4.98 Å². The van der Waals surface area contributed by atoms with Crippen molar-refractivity contribution in [1.29, 1.82) is 0 Å². The largest absolute Gasteiger partial charge is 0.336 e. The first kappa shape index (κ1) is 17.8. The highest BCUT2D eigenvalue weighted by atomic mass is 16.2. The standard InChI is InChI=1S/C18H25N7O2/c26-17-14-5-8-24(9-6-15(14)20-12-21-17)18(27)16-11-25(23-22-16)10-4-13-3-1-2-7-19-13/h11-13,19H,1-10H2,(H,20,21,26)/t13-/m0/s1. The lowest BCUT2D eigenvalue weighted by molar-refractivity contribution is 0.0757. The maximum atomic E-state index is 12.8. The van der Waals surface area contributed by atoms with Crippen molar-refractivity contribution in [3.05, 3.63) is 39.8 Å².